The average molecular weight is 294 g/mol. The zero-order valence-electron chi connectivity index (χ0n) is 12.0. The van der Waals surface area contributed by atoms with Crippen molar-refractivity contribution in [2.45, 2.75) is 13.3 Å². The summed E-state index contributed by atoms with van der Waals surface area (Å²) in [6.45, 7) is 2.82. The highest BCUT2D eigenvalue weighted by Gasteiger charge is 2.33. The third-order valence-corrected chi connectivity index (χ3v) is 3.73. The zero-order chi connectivity index (χ0) is 15.6. The number of benzene rings is 1. The van der Waals surface area contributed by atoms with Gasteiger partial charge in [-0.1, -0.05) is 13.0 Å². The number of aliphatic carboxylic acids is 1. The first-order chi connectivity index (χ1) is 9.93. The topological polar surface area (TPSA) is 92.9 Å². The van der Waals surface area contributed by atoms with E-state index < -0.39 is 16.8 Å². The summed E-state index contributed by atoms with van der Waals surface area (Å²) in [7, 11) is 1.38. The average Bonchev–Trinajstić information content (AvgIpc) is 2.45. The van der Waals surface area contributed by atoms with E-state index >= 15 is 0 Å². The lowest BCUT2D eigenvalue weighted by Gasteiger charge is -2.36. The number of para-hydroxylation sites is 1. The third-order valence-electron chi connectivity index (χ3n) is 3.73. The number of methoxy groups -OCH3 is 1. The number of carboxylic acids is 1. The molecule has 1 aliphatic heterocycles. The molecule has 2 atom stereocenters. The standard InChI is InChI=1S/C14H18N2O5/c1-9-6-10(14(17)18)8-15(7-9)11-4-3-5-12(21-2)13(11)16(19)20/h3-5,9-10H,6-8H2,1-2H3,(H,17,18). The van der Waals surface area contributed by atoms with Crippen LogP contribution in [-0.4, -0.2) is 36.2 Å². The fraction of sp³-hybridized carbons (Fsp3) is 0.500. The Kier molecular flexibility index (Phi) is 4.30. The molecule has 0 bridgehead atoms. The molecule has 7 nitrogen and oxygen atoms in total. The van der Waals surface area contributed by atoms with Gasteiger partial charge in [-0.2, -0.15) is 0 Å². The van der Waals surface area contributed by atoms with Crippen molar-refractivity contribution in [1.82, 2.24) is 0 Å². The Morgan fingerprint density at radius 1 is 1.48 bits per heavy atom. The zero-order valence-corrected chi connectivity index (χ0v) is 12.0. The second-order valence-electron chi connectivity index (χ2n) is 5.37. The van der Waals surface area contributed by atoms with Gasteiger partial charge in [0.2, 0.25) is 0 Å². The van der Waals surface area contributed by atoms with Gasteiger partial charge in [-0.3, -0.25) is 14.9 Å². The van der Waals surface area contributed by atoms with E-state index in [1.54, 1.807) is 17.0 Å². The smallest absolute Gasteiger partial charge is 0.333 e. The minimum atomic E-state index is -0.864. The first-order valence-corrected chi connectivity index (χ1v) is 6.73. The fourth-order valence-corrected chi connectivity index (χ4v) is 2.84. The second-order valence-corrected chi connectivity index (χ2v) is 5.37. The van der Waals surface area contributed by atoms with E-state index in [-0.39, 0.29) is 23.9 Å². The molecular weight excluding hydrogens is 276 g/mol. The van der Waals surface area contributed by atoms with E-state index in [1.807, 2.05) is 6.92 Å². The minimum absolute atomic E-state index is 0.113. The molecule has 2 rings (SSSR count). The van der Waals surface area contributed by atoms with E-state index in [4.69, 9.17) is 4.74 Å². The third kappa shape index (κ3) is 3.07. The van der Waals surface area contributed by atoms with Crippen molar-refractivity contribution in [3.8, 4) is 5.75 Å². The molecule has 1 aromatic rings. The summed E-state index contributed by atoms with van der Waals surface area (Å²) in [4.78, 5) is 23.8. The Morgan fingerprint density at radius 2 is 2.19 bits per heavy atom. The van der Waals surface area contributed by atoms with Crippen LogP contribution in [0.2, 0.25) is 0 Å². The lowest BCUT2D eigenvalue weighted by molar-refractivity contribution is -0.385. The van der Waals surface area contributed by atoms with Crippen LogP contribution in [0, 0.1) is 22.0 Å². The summed E-state index contributed by atoms with van der Waals surface area (Å²) in [5.41, 5.74) is 0.301. The Morgan fingerprint density at radius 3 is 2.76 bits per heavy atom. The molecule has 0 saturated carbocycles. The quantitative estimate of drug-likeness (QED) is 0.675. The summed E-state index contributed by atoms with van der Waals surface area (Å²) < 4.78 is 5.05. The first kappa shape index (κ1) is 15.1. The maximum absolute atomic E-state index is 11.3. The molecule has 2 unspecified atom stereocenters. The van der Waals surface area contributed by atoms with Crippen LogP contribution < -0.4 is 9.64 Å². The number of nitro benzene ring substituents is 1. The molecule has 0 spiro atoms. The van der Waals surface area contributed by atoms with Crippen molar-refractivity contribution in [1.29, 1.82) is 0 Å². The van der Waals surface area contributed by atoms with Gasteiger partial charge in [0.15, 0.2) is 5.75 Å². The van der Waals surface area contributed by atoms with Crippen molar-refractivity contribution in [3.05, 3.63) is 28.3 Å². The van der Waals surface area contributed by atoms with E-state index in [0.29, 0.717) is 18.7 Å². The van der Waals surface area contributed by atoms with Crippen LogP contribution in [0.5, 0.6) is 5.75 Å². The van der Waals surface area contributed by atoms with Crippen molar-refractivity contribution in [2.75, 3.05) is 25.1 Å². The van der Waals surface area contributed by atoms with Crippen molar-refractivity contribution in [3.63, 3.8) is 0 Å². The van der Waals surface area contributed by atoms with Gasteiger partial charge >= 0.3 is 11.7 Å². The summed E-state index contributed by atoms with van der Waals surface area (Å²) in [5.74, 6) is -1.04. The molecule has 1 fully saturated rings. The maximum atomic E-state index is 11.3. The molecule has 0 aliphatic carbocycles. The van der Waals surface area contributed by atoms with Crippen molar-refractivity contribution < 1.29 is 19.6 Å². The molecule has 0 aromatic heterocycles. The van der Waals surface area contributed by atoms with Gasteiger partial charge < -0.3 is 14.7 Å². The van der Waals surface area contributed by atoms with Gasteiger partial charge in [0.1, 0.15) is 5.69 Å². The molecular formula is C14H18N2O5. The Labute approximate surface area is 122 Å². The van der Waals surface area contributed by atoms with Gasteiger partial charge in [-0.05, 0) is 24.5 Å². The minimum Gasteiger partial charge on any atom is -0.490 e. The van der Waals surface area contributed by atoms with Crippen molar-refractivity contribution in [2.24, 2.45) is 11.8 Å². The molecule has 114 valence electrons. The van der Waals surface area contributed by atoms with E-state index in [2.05, 4.69) is 0 Å². The molecule has 1 N–H and O–H groups in total. The van der Waals surface area contributed by atoms with Crippen LogP contribution in [0.1, 0.15) is 13.3 Å². The Balaban J connectivity index is 2.41. The van der Waals surface area contributed by atoms with E-state index in [1.165, 1.54) is 13.2 Å². The number of anilines is 1. The molecule has 7 heteroatoms. The molecule has 0 radical (unpaired) electrons. The van der Waals surface area contributed by atoms with Crippen LogP contribution in [-0.2, 0) is 4.79 Å². The highest BCUT2D eigenvalue weighted by atomic mass is 16.6. The second kappa shape index (κ2) is 5.99. The number of nitro groups is 1. The lowest BCUT2D eigenvalue weighted by atomic mass is 9.90. The molecule has 1 saturated heterocycles. The normalized spacial score (nSPS) is 21.9. The largest absolute Gasteiger partial charge is 0.490 e. The number of carboxylic acid groups (broad SMARTS) is 1. The van der Waals surface area contributed by atoms with Crippen LogP contribution in [0.3, 0.4) is 0 Å². The van der Waals surface area contributed by atoms with E-state index in [0.717, 1.165) is 0 Å². The first-order valence-electron chi connectivity index (χ1n) is 6.73. The summed E-state index contributed by atoms with van der Waals surface area (Å²) in [6, 6.07) is 4.84. The van der Waals surface area contributed by atoms with Gasteiger partial charge in [-0.15, -0.1) is 0 Å². The van der Waals surface area contributed by atoms with Gasteiger partial charge in [-0.25, -0.2) is 0 Å². The SMILES string of the molecule is COc1cccc(N2CC(C)CC(C(=O)O)C2)c1[N+](=O)[O-]. The van der Waals surface area contributed by atoms with Gasteiger partial charge in [0.25, 0.3) is 0 Å². The number of ether oxygens (including phenoxy) is 1. The highest BCUT2D eigenvalue weighted by molar-refractivity contribution is 5.74. The molecule has 0 amide bonds. The molecule has 1 heterocycles. The van der Waals surface area contributed by atoms with Gasteiger partial charge in [0.05, 0.1) is 18.0 Å². The van der Waals surface area contributed by atoms with Crippen LogP contribution in [0.15, 0.2) is 18.2 Å². The Bertz CT molecular complexity index is 560. The maximum Gasteiger partial charge on any atom is 0.333 e. The summed E-state index contributed by atoms with van der Waals surface area (Å²) in [6.07, 6.45) is 0.587. The van der Waals surface area contributed by atoms with Gasteiger partial charge in [0, 0.05) is 13.1 Å². The monoisotopic (exact) mass is 294 g/mol. The van der Waals surface area contributed by atoms with E-state index in [9.17, 15) is 20.0 Å². The number of hydrogen-bond acceptors (Lipinski definition) is 5. The van der Waals surface area contributed by atoms with Crippen LogP contribution in [0.4, 0.5) is 11.4 Å². The highest BCUT2D eigenvalue weighted by Crippen LogP contribution is 2.39. The number of hydrogen-bond donors (Lipinski definition) is 1. The summed E-state index contributed by atoms with van der Waals surface area (Å²) in [5, 5.41) is 20.5. The predicted molar refractivity (Wildman–Crippen MR) is 76.8 cm³/mol. The molecule has 1 aliphatic rings. The number of nitrogens with zero attached hydrogens (tertiary/aromatic N) is 2. The lowest BCUT2D eigenvalue weighted by Crippen LogP contribution is -2.42. The van der Waals surface area contributed by atoms with Crippen LogP contribution >= 0.6 is 0 Å². The molecule has 21 heavy (non-hydrogen) atoms. The fourth-order valence-electron chi connectivity index (χ4n) is 2.84. The summed E-state index contributed by atoms with van der Waals surface area (Å²) >= 11 is 0. The number of piperidine rings is 1. The van der Waals surface area contributed by atoms with Crippen molar-refractivity contribution >= 4 is 17.3 Å². The van der Waals surface area contributed by atoms with Crippen LogP contribution in [0.25, 0.3) is 0 Å². The number of carbonyl (C=O) groups is 1. The predicted octanol–water partition coefficient (Wildman–Crippen LogP) is 2.15. The Hall–Kier alpha value is -2.31. The number of rotatable bonds is 4. The molecule has 1 aromatic carbocycles.